The SMILES string of the molecule is CCC(=O)O[C@]1(C(=O)S[C@H]2CCOC2=O)[C@H](C)CC2C3C[C@H](F)C4=CC(=O)C=C[C@]4(C)[C@@]3(F)[C@@H](O)C[C@@]21C. The van der Waals surface area contributed by atoms with Gasteiger partial charge in [-0.05, 0) is 49.8 Å². The topological polar surface area (TPSA) is 107 Å². The summed E-state index contributed by atoms with van der Waals surface area (Å²) in [6.45, 7) is 6.78. The maximum absolute atomic E-state index is 17.4. The molecular weight excluding hydrogens is 518 g/mol. The number of halogens is 2. The number of esters is 2. The van der Waals surface area contributed by atoms with Crippen molar-refractivity contribution in [2.45, 2.75) is 88.6 Å². The highest BCUT2D eigenvalue weighted by Gasteiger charge is 2.78. The van der Waals surface area contributed by atoms with Gasteiger partial charge in [-0.15, -0.1) is 0 Å². The molecule has 1 aliphatic heterocycles. The van der Waals surface area contributed by atoms with E-state index in [-0.39, 0.29) is 37.9 Å². The monoisotopic (exact) mass is 552 g/mol. The number of rotatable bonds is 4. The minimum Gasteiger partial charge on any atom is -0.465 e. The van der Waals surface area contributed by atoms with Gasteiger partial charge in [-0.25, -0.2) is 8.78 Å². The van der Waals surface area contributed by atoms with Crippen LogP contribution in [0.1, 0.15) is 59.8 Å². The maximum Gasteiger partial charge on any atom is 0.319 e. The van der Waals surface area contributed by atoms with Gasteiger partial charge in [0.15, 0.2) is 17.1 Å². The van der Waals surface area contributed by atoms with E-state index < -0.39 is 80.2 Å². The average Bonchev–Trinajstić information content (AvgIpc) is 3.35. The molecule has 0 bridgehead atoms. The van der Waals surface area contributed by atoms with Crippen molar-refractivity contribution in [3.05, 3.63) is 23.8 Å². The third-order valence-electron chi connectivity index (χ3n) is 10.2. The van der Waals surface area contributed by atoms with E-state index in [4.69, 9.17) is 9.47 Å². The second kappa shape index (κ2) is 8.98. The lowest BCUT2D eigenvalue weighted by molar-refractivity contribution is -0.228. The maximum atomic E-state index is 17.4. The van der Waals surface area contributed by atoms with Gasteiger partial charge >= 0.3 is 11.9 Å². The summed E-state index contributed by atoms with van der Waals surface area (Å²) in [6, 6.07) is 0. The van der Waals surface area contributed by atoms with Crippen LogP contribution in [-0.2, 0) is 28.7 Å². The molecule has 1 saturated heterocycles. The van der Waals surface area contributed by atoms with Gasteiger partial charge in [-0.2, -0.15) is 0 Å². The van der Waals surface area contributed by atoms with E-state index in [2.05, 4.69) is 0 Å². The summed E-state index contributed by atoms with van der Waals surface area (Å²) in [5, 5.41) is 10.3. The molecule has 5 rings (SSSR count). The Morgan fingerprint density at radius 2 is 1.95 bits per heavy atom. The zero-order valence-corrected chi connectivity index (χ0v) is 22.8. The van der Waals surface area contributed by atoms with Crippen molar-refractivity contribution in [1.82, 2.24) is 0 Å². The molecular formula is C28H34F2O7S. The standard InChI is InChI=1S/C28H34F2O7S/c1-5-22(33)37-28(24(35)38-20-7-9-36-23(20)34)14(2)10-16-17-12-19(29)18-11-15(31)6-8-25(18,3)27(17,30)21(32)13-26(16,28)4/h6,8,11,14,16-17,19-21,32H,5,7,9-10,12-13H2,1-4H3/t14-,16?,17?,19+,20+,21+,25+,26+,27+,28+/m1/s1. The third-order valence-corrected chi connectivity index (χ3v) is 11.4. The van der Waals surface area contributed by atoms with Crippen molar-refractivity contribution in [1.29, 1.82) is 0 Å². The van der Waals surface area contributed by atoms with Crippen LogP contribution in [0.5, 0.6) is 0 Å². The predicted octanol–water partition coefficient (Wildman–Crippen LogP) is 3.82. The largest absolute Gasteiger partial charge is 0.465 e. The molecule has 1 N–H and O–H groups in total. The van der Waals surface area contributed by atoms with Crippen LogP contribution >= 0.6 is 11.8 Å². The van der Waals surface area contributed by atoms with Crippen LogP contribution < -0.4 is 0 Å². The highest BCUT2D eigenvalue weighted by Crippen LogP contribution is 2.72. The Labute approximate surface area is 224 Å². The molecule has 5 aliphatic rings. The zero-order valence-electron chi connectivity index (χ0n) is 22.0. The smallest absolute Gasteiger partial charge is 0.319 e. The van der Waals surface area contributed by atoms with Gasteiger partial charge < -0.3 is 14.6 Å². The summed E-state index contributed by atoms with van der Waals surface area (Å²) in [7, 11) is 0. The van der Waals surface area contributed by atoms with Crippen LogP contribution in [0.25, 0.3) is 0 Å². The van der Waals surface area contributed by atoms with Gasteiger partial charge in [0.05, 0.1) is 12.7 Å². The van der Waals surface area contributed by atoms with E-state index in [1.54, 1.807) is 20.8 Å². The number of hydrogen-bond acceptors (Lipinski definition) is 8. The Kier molecular flexibility index (Phi) is 6.50. The van der Waals surface area contributed by atoms with Crippen molar-refractivity contribution >= 4 is 34.6 Å². The Bertz CT molecular complexity index is 1150. The zero-order chi connectivity index (χ0) is 27.8. The van der Waals surface area contributed by atoms with Crippen molar-refractivity contribution in [2.75, 3.05) is 6.61 Å². The molecule has 0 amide bonds. The van der Waals surface area contributed by atoms with Gasteiger partial charge in [0, 0.05) is 35.5 Å². The quantitative estimate of drug-likeness (QED) is 0.525. The van der Waals surface area contributed by atoms with E-state index in [0.29, 0.717) is 6.42 Å². The third kappa shape index (κ3) is 3.41. The van der Waals surface area contributed by atoms with Crippen molar-refractivity contribution < 1.29 is 42.5 Å². The fraction of sp³-hybridized carbons (Fsp3) is 0.714. The number of alkyl halides is 2. The van der Waals surface area contributed by atoms with E-state index in [9.17, 15) is 24.3 Å². The fourth-order valence-corrected chi connectivity index (χ4v) is 9.56. The lowest BCUT2D eigenvalue weighted by atomic mass is 9.44. The van der Waals surface area contributed by atoms with E-state index in [1.807, 2.05) is 0 Å². The Balaban J connectivity index is 1.61. The molecule has 10 heteroatoms. The van der Waals surface area contributed by atoms with E-state index in [1.165, 1.54) is 19.1 Å². The highest BCUT2D eigenvalue weighted by atomic mass is 32.2. The lowest BCUT2D eigenvalue weighted by Gasteiger charge is -2.63. The van der Waals surface area contributed by atoms with Gasteiger partial charge in [0.2, 0.25) is 5.12 Å². The van der Waals surface area contributed by atoms with Gasteiger partial charge in [-0.1, -0.05) is 38.6 Å². The number of cyclic esters (lactones) is 1. The van der Waals surface area contributed by atoms with Crippen molar-refractivity contribution in [3.8, 4) is 0 Å². The minimum absolute atomic E-state index is 0.00469. The number of hydrogen-bond donors (Lipinski definition) is 1. The number of aliphatic hydroxyl groups excluding tert-OH is 1. The second-order valence-corrected chi connectivity index (χ2v) is 13.1. The van der Waals surface area contributed by atoms with Crippen LogP contribution in [0.15, 0.2) is 23.8 Å². The number of thioether (sulfide) groups is 1. The normalized spacial score (nSPS) is 47.5. The Morgan fingerprint density at radius 1 is 1.24 bits per heavy atom. The minimum atomic E-state index is -2.31. The summed E-state index contributed by atoms with van der Waals surface area (Å²) in [4.78, 5) is 51.1. The van der Waals surface area contributed by atoms with Crippen LogP contribution in [0, 0.1) is 28.6 Å². The fourth-order valence-electron chi connectivity index (χ4n) is 8.27. The number of fused-ring (bicyclic) bond motifs is 5. The molecule has 2 unspecified atom stereocenters. The number of ether oxygens (including phenoxy) is 2. The number of carbonyl (C=O) groups is 4. The molecule has 0 aromatic carbocycles. The second-order valence-electron chi connectivity index (χ2n) is 11.9. The van der Waals surface area contributed by atoms with Gasteiger partial charge in [0.1, 0.15) is 11.4 Å². The summed E-state index contributed by atoms with van der Waals surface area (Å²) >= 11 is 0.772. The summed E-state index contributed by atoms with van der Waals surface area (Å²) in [6.07, 6.45) is 0.586. The molecule has 38 heavy (non-hydrogen) atoms. The van der Waals surface area contributed by atoms with E-state index >= 15 is 8.78 Å². The Morgan fingerprint density at radius 3 is 2.58 bits per heavy atom. The summed E-state index contributed by atoms with van der Waals surface area (Å²) < 4.78 is 44.2. The van der Waals surface area contributed by atoms with E-state index in [0.717, 1.165) is 17.8 Å². The molecule has 1 heterocycles. The molecule has 7 nitrogen and oxygen atoms in total. The first-order valence-corrected chi connectivity index (χ1v) is 14.2. The number of carbonyl (C=O) groups excluding carboxylic acids is 4. The van der Waals surface area contributed by atoms with Gasteiger partial charge in [-0.3, -0.25) is 19.2 Å². The highest BCUT2D eigenvalue weighted by molar-refractivity contribution is 8.14. The Hall–Kier alpha value is -2.07. The lowest BCUT2D eigenvalue weighted by Crippen LogP contribution is -2.70. The molecule has 0 spiro atoms. The van der Waals surface area contributed by atoms with Crippen LogP contribution in [0.2, 0.25) is 0 Å². The van der Waals surface area contributed by atoms with Crippen molar-refractivity contribution in [2.24, 2.45) is 28.6 Å². The van der Waals surface area contributed by atoms with Gasteiger partial charge in [0.25, 0.3) is 0 Å². The first-order valence-electron chi connectivity index (χ1n) is 13.3. The molecule has 0 aromatic rings. The predicted molar refractivity (Wildman–Crippen MR) is 134 cm³/mol. The first kappa shape index (κ1) is 27.5. The number of allylic oxidation sites excluding steroid dienone is 4. The molecule has 0 aromatic heterocycles. The number of ketones is 1. The van der Waals surface area contributed by atoms with Crippen molar-refractivity contribution in [3.63, 3.8) is 0 Å². The molecule has 10 atom stereocenters. The molecule has 4 aliphatic carbocycles. The summed E-state index contributed by atoms with van der Waals surface area (Å²) in [5.41, 5.74) is -6.81. The first-order chi connectivity index (χ1) is 17.8. The van der Waals surface area contributed by atoms with Crippen LogP contribution in [0.3, 0.4) is 0 Å². The average molecular weight is 553 g/mol. The number of aliphatic hydroxyl groups is 1. The summed E-state index contributed by atoms with van der Waals surface area (Å²) in [5.74, 6) is -3.76. The molecule has 208 valence electrons. The van der Waals surface area contributed by atoms with Crippen LogP contribution in [0.4, 0.5) is 8.78 Å². The van der Waals surface area contributed by atoms with Crippen LogP contribution in [-0.4, -0.2) is 63.3 Å². The molecule has 4 fully saturated rings. The molecule has 3 saturated carbocycles. The molecule has 0 radical (unpaired) electrons.